The Labute approximate surface area is 444 Å². The Hall–Kier alpha value is -1.14. The van der Waals surface area contributed by atoms with Crippen molar-refractivity contribution in [2.45, 2.75) is 248 Å². The average Bonchev–Trinajstić information content (AvgIpc) is 3.56. The molecule has 9 rings (SSSR count). The molecule has 5 aliphatic carbocycles. The lowest BCUT2D eigenvalue weighted by molar-refractivity contribution is -0.403. The van der Waals surface area contributed by atoms with E-state index in [0.717, 1.165) is 38.5 Å². The third kappa shape index (κ3) is 9.51. The number of aliphatic hydroxyl groups excluding tert-OH is 14. The first-order chi connectivity index (χ1) is 35.6. The van der Waals surface area contributed by atoms with E-state index in [1.165, 1.54) is 19.4 Å². The molecule has 0 amide bonds. The molecular weight excluding hydrogens is 1000 g/mol. The molecule has 0 bridgehead atoms. The predicted molar refractivity (Wildman–Crippen MR) is 263 cm³/mol. The summed E-state index contributed by atoms with van der Waals surface area (Å²) in [6, 6.07) is 0. The normalized spacial score (nSPS) is 56.3. The van der Waals surface area contributed by atoms with Crippen LogP contribution in [-0.2, 0) is 37.9 Å². The fourth-order valence-corrected chi connectivity index (χ4v) is 16.6. The van der Waals surface area contributed by atoms with Gasteiger partial charge in [0.05, 0.1) is 44.2 Å². The average molecular weight is 1090 g/mol. The van der Waals surface area contributed by atoms with Gasteiger partial charge in [-0.3, -0.25) is 0 Å². The highest BCUT2D eigenvalue weighted by atomic mass is 16.8. The predicted octanol–water partition coefficient (Wildman–Crippen LogP) is -1.56. The van der Waals surface area contributed by atoms with E-state index in [1.54, 1.807) is 0 Å². The smallest absolute Gasteiger partial charge is 0.187 e. The minimum absolute atomic E-state index is 0.0867. The van der Waals surface area contributed by atoms with E-state index in [0.29, 0.717) is 19.3 Å². The Kier molecular flexibility index (Phi) is 16.9. The van der Waals surface area contributed by atoms with Crippen LogP contribution in [0, 0.1) is 50.2 Å². The molecule has 30 atom stereocenters. The number of fused-ring (bicyclic) bond motifs is 7. The lowest BCUT2D eigenvalue weighted by Crippen LogP contribution is -2.69. The van der Waals surface area contributed by atoms with Crippen LogP contribution in [0.15, 0.2) is 11.6 Å². The van der Waals surface area contributed by atoms with Gasteiger partial charge in [0.15, 0.2) is 25.2 Å². The minimum Gasteiger partial charge on any atom is -0.396 e. The van der Waals surface area contributed by atoms with E-state index >= 15 is 0 Å². The largest absolute Gasteiger partial charge is 0.396 e. The lowest BCUT2D eigenvalue weighted by Gasteiger charge is -2.72. The van der Waals surface area contributed by atoms with Crippen LogP contribution in [0.5, 0.6) is 0 Å². The number of rotatable bonds is 12. The zero-order valence-electron chi connectivity index (χ0n) is 45.2. The Morgan fingerprint density at radius 3 is 1.70 bits per heavy atom. The van der Waals surface area contributed by atoms with E-state index in [1.807, 2.05) is 6.92 Å². The van der Waals surface area contributed by atoms with Crippen LogP contribution in [0.3, 0.4) is 0 Å². The molecule has 0 aromatic heterocycles. The molecule has 0 aromatic rings. The van der Waals surface area contributed by atoms with Crippen molar-refractivity contribution in [2.75, 3.05) is 26.4 Å². The van der Waals surface area contributed by atoms with Crippen molar-refractivity contribution < 1.29 is 109 Å². The SMILES string of the molecule is CC1OC(OC2C(CO)OC(OC3C(O)C(C)OC(OC4CCC5(C)C(CCC6(C)C5C(O)C=C5C7CC(C)(C)CCC7(CO)CCC56C)C4(C)CO)C3OC3OC(CO)C(O)C(O)C3O)C(O)C2O)C(O)C(O)C1O. The van der Waals surface area contributed by atoms with E-state index < -0.39 is 159 Å². The number of allylic oxidation sites excluding steroid dienone is 1. The van der Waals surface area contributed by atoms with Gasteiger partial charge in [0, 0.05) is 23.4 Å². The van der Waals surface area contributed by atoms with Gasteiger partial charge < -0.3 is 109 Å². The summed E-state index contributed by atoms with van der Waals surface area (Å²) in [6.45, 7) is 14.5. The number of ether oxygens (including phenoxy) is 8. The van der Waals surface area contributed by atoms with Gasteiger partial charge in [-0.2, -0.15) is 0 Å². The zero-order chi connectivity index (χ0) is 55.6. The summed E-state index contributed by atoms with van der Waals surface area (Å²) in [5.74, 6) is -0.297. The Morgan fingerprint density at radius 2 is 1.07 bits per heavy atom. The highest BCUT2D eigenvalue weighted by Gasteiger charge is 2.71. The summed E-state index contributed by atoms with van der Waals surface area (Å²) in [5.41, 5.74) is -1.01. The highest BCUT2D eigenvalue weighted by Crippen LogP contribution is 2.76. The van der Waals surface area contributed by atoms with Gasteiger partial charge in [0.25, 0.3) is 0 Å². The van der Waals surface area contributed by atoms with E-state index in [4.69, 9.17) is 37.9 Å². The molecule has 30 unspecified atom stereocenters. The summed E-state index contributed by atoms with van der Waals surface area (Å²) in [5, 5.41) is 155. The van der Waals surface area contributed by atoms with Crippen molar-refractivity contribution in [1.82, 2.24) is 0 Å². The maximum Gasteiger partial charge on any atom is 0.187 e. The molecule has 0 radical (unpaired) electrons. The zero-order valence-corrected chi connectivity index (χ0v) is 45.2. The molecule has 4 aliphatic heterocycles. The first kappa shape index (κ1) is 59.5. The van der Waals surface area contributed by atoms with Crippen molar-refractivity contribution in [2.24, 2.45) is 50.2 Å². The van der Waals surface area contributed by atoms with Crippen LogP contribution in [-0.4, -0.2) is 233 Å². The van der Waals surface area contributed by atoms with Crippen molar-refractivity contribution in [3.8, 4) is 0 Å². The highest BCUT2D eigenvalue weighted by molar-refractivity contribution is 5.36. The third-order valence-electron chi connectivity index (χ3n) is 21.6. The molecule has 0 spiro atoms. The lowest BCUT2D eigenvalue weighted by atomic mass is 9.33. The van der Waals surface area contributed by atoms with Gasteiger partial charge in [-0.25, -0.2) is 0 Å². The summed E-state index contributed by atoms with van der Waals surface area (Å²) in [7, 11) is 0. The van der Waals surface area contributed by atoms with Gasteiger partial charge in [-0.05, 0) is 105 Å². The monoisotopic (exact) mass is 1090 g/mol. The van der Waals surface area contributed by atoms with Gasteiger partial charge in [0.2, 0.25) is 0 Å². The van der Waals surface area contributed by atoms with Crippen LogP contribution >= 0.6 is 0 Å². The number of hydrogen-bond acceptors (Lipinski definition) is 22. The molecule has 4 heterocycles. The minimum atomic E-state index is -2.02. The molecule has 22 nitrogen and oxygen atoms in total. The fourth-order valence-electron chi connectivity index (χ4n) is 16.6. The van der Waals surface area contributed by atoms with E-state index in [2.05, 4.69) is 40.7 Å². The van der Waals surface area contributed by atoms with Crippen LogP contribution < -0.4 is 0 Å². The second-order valence-electron chi connectivity index (χ2n) is 26.3. The molecule has 0 aromatic carbocycles. The van der Waals surface area contributed by atoms with Crippen LogP contribution in [0.25, 0.3) is 0 Å². The quantitative estimate of drug-likeness (QED) is 0.0776. The Morgan fingerprint density at radius 1 is 0.513 bits per heavy atom. The first-order valence-corrected chi connectivity index (χ1v) is 27.8. The third-order valence-corrected chi connectivity index (χ3v) is 21.6. The van der Waals surface area contributed by atoms with E-state index in [9.17, 15) is 71.5 Å². The molecule has 22 heteroatoms. The maximum absolute atomic E-state index is 12.7. The molecule has 9 aliphatic rings. The van der Waals surface area contributed by atoms with Crippen molar-refractivity contribution in [1.29, 1.82) is 0 Å². The first-order valence-electron chi connectivity index (χ1n) is 27.8. The van der Waals surface area contributed by atoms with Crippen LogP contribution in [0.2, 0.25) is 0 Å². The van der Waals surface area contributed by atoms with Crippen molar-refractivity contribution in [3.05, 3.63) is 11.6 Å². The molecule has 8 fully saturated rings. The van der Waals surface area contributed by atoms with Gasteiger partial charge >= 0.3 is 0 Å². The van der Waals surface area contributed by atoms with Crippen LogP contribution in [0.1, 0.15) is 113 Å². The standard InChI is InChI=1S/C54H90O22/c1-23-32(60)35(63)38(66)45(69-23)74-41-29(20-56)72-47(40(68)37(41)65)75-42-33(61)24(2)70-48(43(42)76-46-39(67)36(64)34(62)28(19-55)71-46)73-31-10-11-50(5)30(51(31,6)21-57)9-12-53(8)44(50)27(59)17-25-26-18-49(3,4)13-15-54(26,22-58)16-14-52(25,53)7/h17,23-24,26-48,55-68H,9-16,18-22H2,1-8H3. The second-order valence-corrected chi connectivity index (χ2v) is 26.3. The summed E-state index contributed by atoms with van der Waals surface area (Å²) >= 11 is 0. The Bertz CT molecular complexity index is 2050. The van der Waals surface area contributed by atoms with Crippen LogP contribution in [0.4, 0.5) is 0 Å². The number of aliphatic hydroxyl groups is 14. The summed E-state index contributed by atoms with van der Waals surface area (Å²) < 4.78 is 49.2. The summed E-state index contributed by atoms with van der Waals surface area (Å²) in [4.78, 5) is 0. The number of hydrogen-bond donors (Lipinski definition) is 14. The molecule has 14 N–H and O–H groups in total. The fraction of sp³-hybridized carbons (Fsp3) is 0.963. The van der Waals surface area contributed by atoms with Gasteiger partial charge in [0.1, 0.15) is 85.5 Å². The molecule has 4 saturated heterocycles. The maximum atomic E-state index is 12.7. The molecular formula is C54H90O22. The molecule has 438 valence electrons. The van der Waals surface area contributed by atoms with Gasteiger partial charge in [-0.1, -0.05) is 53.2 Å². The van der Waals surface area contributed by atoms with Crippen molar-refractivity contribution in [3.63, 3.8) is 0 Å². The summed E-state index contributed by atoms with van der Waals surface area (Å²) in [6.07, 6.45) is -25.7. The molecule has 4 saturated carbocycles. The Balaban J connectivity index is 1.00. The second kappa shape index (κ2) is 21.6. The van der Waals surface area contributed by atoms with Crippen molar-refractivity contribution >= 4 is 0 Å². The molecule has 76 heavy (non-hydrogen) atoms. The van der Waals surface area contributed by atoms with E-state index in [-0.39, 0.29) is 52.6 Å². The van der Waals surface area contributed by atoms with Gasteiger partial charge in [-0.15, -0.1) is 0 Å². The topological polar surface area (TPSA) is 357 Å².